The third-order valence-corrected chi connectivity index (χ3v) is 3.82. The van der Waals surface area contributed by atoms with Crippen LogP contribution in [0.1, 0.15) is 26.8 Å². The number of para-hydroxylation sites is 1. The van der Waals surface area contributed by atoms with Crippen LogP contribution in [0.2, 0.25) is 0 Å². The van der Waals surface area contributed by atoms with E-state index in [-0.39, 0.29) is 5.39 Å². The van der Waals surface area contributed by atoms with Crippen molar-refractivity contribution in [2.45, 2.75) is 32.9 Å². The Kier molecular flexibility index (Phi) is 4.87. The Morgan fingerprint density at radius 3 is 2.38 bits per heavy atom. The standard InChI is InChI=1S/C16H19N3O5/c1-8(2)12(15(22)23)18-13(20)9(3)19-14(21)10-6-4-5-7-11(10)17-16(19)24/h4-9,12H,1-3H3,(H,17,24)(H,18,20)(H,22,23)/p-1/t9-,12-/m0/s1. The predicted octanol–water partition coefficient (Wildman–Crippen LogP) is -0.858. The first-order valence-corrected chi connectivity index (χ1v) is 7.48. The molecule has 0 spiro atoms. The lowest BCUT2D eigenvalue weighted by Crippen LogP contribution is -2.53. The minimum Gasteiger partial charge on any atom is -0.548 e. The van der Waals surface area contributed by atoms with Crippen LogP contribution in [0.25, 0.3) is 10.9 Å². The van der Waals surface area contributed by atoms with Gasteiger partial charge in [-0.15, -0.1) is 0 Å². The number of nitrogens with zero attached hydrogens (tertiary/aromatic N) is 1. The number of carbonyl (C=O) groups is 2. The summed E-state index contributed by atoms with van der Waals surface area (Å²) in [5, 5.41) is 13.6. The number of hydrogen-bond donors (Lipinski definition) is 2. The summed E-state index contributed by atoms with van der Waals surface area (Å²) < 4.78 is 0.768. The highest BCUT2D eigenvalue weighted by atomic mass is 16.4. The maximum absolute atomic E-state index is 12.5. The fourth-order valence-electron chi connectivity index (χ4n) is 2.42. The molecule has 24 heavy (non-hydrogen) atoms. The zero-order valence-corrected chi connectivity index (χ0v) is 13.5. The lowest BCUT2D eigenvalue weighted by Gasteiger charge is -2.25. The van der Waals surface area contributed by atoms with Gasteiger partial charge in [0, 0.05) is 0 Å². The lowest BCUT2D eigenvalue weighted by molar-refractivity contribution is -0.309. The van der Waals surface area contributed by atoms with Gasteiger partial charge in [0.2, 0.25) is 5.91 Å². The molecule has 0 saturated carbocycles. The molecule has 1 heterocycles. The van der Waals surface area contributed by atoms with Crippen LogP contribution in [-0.4, -0.2) is 27.5 Å². The molecule has 1 aromatic heterocycles. The van der Waals surface area contributed by atoms with E-state index < -0.39 is 41.1 Å². The number of rotatable bonds is 5. The monoisotopic (exact) mass is 332 g/mol. The van der Waals surface area contributed by atoms with Crippen molar-refractivity contribution in [3.8, 4) is 0 Å². The number of carbonyl (C=O) groups excluding carboxylic acids is 2. The maximum atomic E-state index is 12.5. The number of H-pyrrole nitrogens is 1. The zero-order chi connectivity index (χ0) is 18.0. The maximum Gasteiger partial charge on any atom is 0.329 e. The fourth-order valence-corrected chi connectivity index (χ4v) is 2.42. The number of carboxylic acids is 1. The van der Waals surface area contributed by atoms with Crippen LogP contribution in [0.4, 0.5) is 0 Å². The van der Waals surface area contributed by atoms with Gasteiger partial charge in [0.1, 0.15) is 6.04 Å². The number of aromatic amines is 1. The highest BCUT2D eigenvalue weighted by Crippen LogP contribution is 2.08. The van der Waals surface area contributed by atoms with Gasteiger partial charge in [0.05, 0.1) is 22.9 Å². The van der Waals surface area contributed by atoms with Crippen LogP contribution in [0.3, 0.4) is 0 Å². The molecule has 2 aromatic rings. The fraction of sp³-hybridized carbons (Fsp3) is 0.375. The average molecular weight is 332 g/mol. The summed E-state index contributed by atoms with van der Waals surface area (Å²) >= 11 is 0. The topological polar surface area (TPSA) is 124 Å². The van der Waals surface area contributed by atoms with Crippen molar-refractivity contribution in [1.29, 1.82) is 0 Å². The van der Waals surface area contributed by atoms with Crippen molar-refractivity contribution >= 4 is 22.8 Å². The van der Waals surface area contributed by atoms with E-state index in [1.807, 2.05) is 0 Å². The van der Waals surface area contributed by atoms with E-state index in [1.165, 1.54) is 13.0 Å². The van der Waals surface area contributed by atoms with E-state index in [0.717, 1.165) is 4.57 Å². The summed E-state index contributed by atoms with van der Waals surface area (Å²) in [5.41, 5.74) is -0.992. The van der Waals surface area contributed by atoms with Crippen molar-refractivity contribution in [2.24, 2.45) is 5.92 Å². The second kappa shape index (κ2) is 6.69. The number of carboxylic acid groups (broad SMARTS) is 1. The molecule has 0 fully saturated rings. The molecular weight excluding hydrogens is 314 g/mol. The molecule has 2 N–H and O–H groups in total. The first-order valence-electron chi connectivity index (χ1n) is 7.48. The van der Waals surface area contributed by atoms with E-state index in [0.29, 0.717) is 5.52 Å². The quantitative estimate of drug-likeness (QED) is 0.737. The summed E-state index contributed by atoms with van der Waals surface area (Å²) in [6.45, 7) is 4.58. The van der Waals surface area contributed by atoms with Crippen LogP contribution in [0, 0.1) is 5.92 Å². The van der Waals surface area contributed by atoms with Crippen molar-refractivity contribution in [3.63, 3.8) is 0 Å². The van der Waals surface area contributed by atoms with Crippen molar-refractivity contribution in [3.05, 3.63) is 45.1 Å². The molecule has 0 bridgehead atoms. The summed E-state index contributed by atoms with van der Waals surface area (Å²) in [4.78, 5) is 50.5. The largest absolute Gasteiger partial charge is 0.548 e. The van der Waals surface area contributed by atoms with E-state index in [9.17, 15) is 24.3 Å². The van der Waals surface area contributed by atoms with Crippen LogP contribution in [-0.2, 0) is 9.59 Å². The van der Waals surface area contributed by atoms with Crippen LogP contribution in [0.15, 0.2) is 33.9 Å². The Bertz CT molecular complexity index is 896. The Labute approximate surface area is 137 Å². The molecular formula is C16H18N3O5-. The summed E-state index contributed by atoms with van der Waals surface area (Å²) in [7, 11) is 0. The Balaban J connectivity index is 2.43. The van der Waals surface area contributed by atoms with Crippen molar-refractivity contribution < 1.29 is 14.7 Å². The van der Waals surface area contributed by atoms with Gasteiger partial charge in [-0.05, 0) is 25.0 Å². The van der Waals surface area contributed by atoms with Gasteiger partial charge in [0.25, 0.3) is 5.56 Å². The smallest absolute Gasteiger partial charge is 0.329 e. The number of benzene rings is 1. The van der Waals surface area contributed by atoms with Gasteiger partial charge in [-0.25, -0.2) is 9.36 Å². The van der Waals surface area contributed by atoms with Gasteiger partial charge in [0.15, 0.2) is 0 Å². The third kappa shape index (κ3) is 3.22. The molecule has 128 valence electrons. The molecule has 8 nitrogen and oxygen atoms in total. The second-order valence-corrected chi connectivity index (χ2v) is 5.88. The molecule has 0 unspecified atom stereocenters. The van der Waals surface area contributed by atoms with Gasteiger partial charge in [-0.1, -0.05) is 26.0 Å². The Hall–Kier alpha value is -2.90. The van der Waals surface area contributed by atoms with Gasteiger partial charge in [-0.3, -0.25) is 9.59 Å². The first-order chi connectivity index (χ1) is 11.2. The van der Waals surface area contributed by atoms with E-state index >= 15 is 0 Å². The minimum absolute atomic E-state index is 0.261. The molecule has 0 saturated heterocycles. The molecule has 0 aliphatic carbocycles. The van der Waals surface area contributed by atoms with Crippen molar-refractivity contribution in [2.75, 3.05) is 0 Å². The molecule has 8 heteroatoms. The minimum atomic E-state index is -1.43. The lowest BCUT2D eigenvalue weighted by atomic mass is 10.0. The molecule has 0 aliphatic heterocycles. The van der Waals surface area contributed by atoms with Crippen LogP contribution < -0.4 is 21.7 Å². The highest BCUT2D eigenvalue weighted by molar-refractivity contribution is 5.85. The normalized spacial score (nSPS) is 13.7. The number of aromatic nitrogens is 2. The van der Waals surface area contributed by atoms with Gasteiger partial charge >= 0.3 is 5.69 Å². The third-order valence-electron chi connectivity index (χ3n) is 3.82. The SMILES string of the molecule is CC(C)[C@H](NC(=O)[C@H](C)n1c(=O)[nH]c2ccccc2c1=O)C(=O)[O-]. The molecule has 0 radical (unpaired) electrons. The zero-order valence-electron chi connectivity index (χ0n) is 13.5. The van der Waals surface area contributed by atoms with Crippen LogP contribution >= 0.6 is 0 Å². The van der Waals surface area contributed by atoms with E-state index in [2.05, 4.69) is 10.3 Å². The van der Waals surface area contributed by atoms with Gasteiger partial charge < -0.3 is 20.2 Å². The second-order valence-electron chi connectivity index (χ2n) is 5.88. The molecule has 0 aliphatic rings. The molecule has 1 amide bonds. The van der Waals surface area contributed by atoms with E-state index in [4.69, 9.17) is 0 Å². The van der Waals surface area contributed by atoms with Crippen molar-refractivity contribution in [1.82, 2.24) is 14.9 Å². The predicted molar refractivity (Wildman–Crippen MR) is 85.3 cm³/mol. The Morgan fingerprint density at radius 2 is 1.79 bits per heavy atom. The summed E-state index contributed by atoms with van der Waals surface area (Å²) in [6.07, 6.45) is 0. The number of fused-ring (bicyclic) bond motifs is 1. The molecule has 1 aromatic carbocycles. The number of amides is 1. The summed E-state index contributed by atoms with van der Waals surface area (Å²) in [5.74, 6) is -2.58. The number of aliphatic carboxylic acids is 1. The number of nitrogens with one attached hydrogen (secondary N) is 2. The van der Waals surface area contributed by atoms with Crippen LogP contribution in [0.5, 0.6) is 0 Å². The van der Waals surface area contributed by atoms with Gasteiger partial charge in [-0.2, -0.15) is 0 Å². The first kappa shape index (κ1) is 17.5. The number of hydrogen-bond acceptors (Lipinski definition) is 5. The van der Waals surface area contributed by atoms with E-state index in [1.54, 1.807) is 32.0 Å². The molecule has 2 atom stereocenters. The Morgan fingerprint density at radius 1 is 1.17 bits per heavy atom. The molecule has 2 rings (SSSR count). The highest BCUT2D eigenvalue weighted by Gasteiger charge is 2.24. The summed E-state index contributed by atoms with van der Waals surface area (Å²) in [6, 6.07) is 4.04. The average Bonchev–Trinajstić information content (AvgIpc) is 2.51.